The summed E-state index contributed by atoms with van der Waals surface area (Å²) >= 11 is 2.02. The lowest BCUT2D eigenvalue weighted by atomic mass is 10.2. The van der Waals surface area contributed by atoms with Crippen molar-refractivity contribution in [3.05, 3.63) is 35.9 Å². The van der Waals surface area contributed by atoms with E-state index in [4.69, 9.17) is 0 Å². The first-order valence-electron chi connectivity index (χ1n) is 5.00. The summed E-state index contributed by atoms with van der Waals surface area (Å²) in [7, 11) is 6.72. The second-order valence-corrected chi connectivity index (χ2v) is 5.66. The number of hydrogen-bond acceptors (Lipinski definition) is 2. The minimum atomic E-state index is 0. The highest BCUT2D eigenvalue weighted by Crippen LogP contribution is 2.11. The first-order chi connectivity index (χ1) is 6.58. The molecule has 0 aliphatic carbocycles. The Labute approximate surface area is 97.2 Å². The lowest BCUT2D eigenvalue weighted by molar-refractivity contribution is -0.867. The van der Waals surface area contributed by atoms with Crippen molar-refractivity contribution in [3.8, 4) is 0 Å². The smallest absolute Gasteiger partial charge is 0.0872 e. The van der Waals surface area contributed by atoms with Gasteiger partial charge in [-0.05, 0) is 5.56 Å². The summed E-state index contributed by atoms with van der Waals surface area (Å²) in [6.45, 7) is 1.23. The van der Waals surface area contributed by atoms with Crippen molar-refractivity contribution in [2.24, 2.45) is 0 Å². The Kier molecular flexibility index (Phi) is 6.65. The fraction of sp³-hybridized carbons (Fsp3) is 0.500. The van der Waals surface area contributed by atoms with Gasteiger partial charge in [0.25, 0.3) is 0 Å². The highest BCUT2D eigenvalue weighted by atomic mass is 32.2. The molecule has 0 saturated heterocycles. The van der Waals surface area contributed by atoms with Gasteiger partial charge in [0.2, 0.25) is 0 Å². The number of benzene rings is 1. The molecule has 0 heterocycles. The molecule has 0 fully saturated rings. The van der Waals surface area contributed by atoms with E-state index in [-0.39, 0.29) is 5.48 Å². The average molecular weight is 227 g/mol. The summed E-state index contributed by atoms with van der Waals surface area (Å²) in [4.78, 5) is 0. The third kappa shape index (κ3) is 7.42. The van der Waals surface area contributed by atoms with E-state index >= 15 is 0 Å². The van der Waals surface area contributed by atoms with E-state index < -0.39 is 0 Å². The summed E-state index contributed by atoms with van der Waals surface area (Å²) in [5.41, 5.74) is 1.43. The third-order valence-electron chi connectivity index (χ3n) is 2.02. The van der Waals surface area contributed by atoms with Crippen LogP contribution in [0.3, 0.4) is 0 Å². The van der Waals surface area contributed by atoms with E-state index in [1.807, 2.05) is 11.8 Å². The van der Waals surface area contributed by atoms with Crippen LogP contribution in [0.4, 0.5) is 0 Å². The zero-order chi connectivity index (χ0) is 10.4. The van der Waals surface area contributed by atoms with Crippen LogP contribution in [-0.4, -0.2) is 43.4 Å². The molecule has 0 aliphatic heterocycles. The van der Waals surface area contributed by atoms with Crippen molar-refractivity contribution in [1.82, 2.24) is 0 Å². The second-order valence-electron chi connectivity index (χ2n) is 4.55. The largest absolute Gasteiger partial charge is 0.870 e. The van der Waals surface area contributed by atoms with Gasteiger partial charge in [-0.3, -0.25) is 0 Å². The average Bonchev–Trinajstić information content (AvgIpc) is 2.13. The van der Waals surface area contributed by atoms with Crippen molar-refractivity contribution in [2.75, 3.05) is 33.4 Å². The topological polar surface area (TPSA) is 30.0 Å². The van der Waals surface area contributed by atoms with Gasteiger partial charge in [0.1, 0.15) is 0 Å². The molecular weight excluding hydrogens is 206 g/mol. The molecule has 0 bridgehead atoms. The van der Waals surface area contributed by atoms with Crippen molar-refractivity contribution < 1.29 is 9.96 Å². The highest BCUT2D eigenvalue weighted by molar-refractivity contribution is 7.98. The Bertz CT molecular complexity index is 256. The summed E-state index contributed by atoms with van der Waals surface area (Å²) in [5, 5.41) is 0. The van der Waals surface area contributed by atoms with Crippen LogP contribution in [-0.2, 0) is 5.75 Å². The van der Waals surface area contributed by atoms with Crippen molar-refractivity contribution in [1.29, 1.82) is 0 Å². The third-order valence-corrected chi connectivity index (χ3v) is 3.03. The Hall–Kier alpha value is -0.510. The molecule has 0 aromatic heterocycles. The van der Waals surface area contributed by atoms with Crippen LogP contribution < -0.4 is 0 Å². The summed E-state index contributed by atoms with van der Waals surface area (Å²) < 4.78 is 1.06. The summed E-state index contributed by atoms with van der Waals surface area (Å²) in [6.07, 6.45) is 0. The maximum Gasteiger partial charge on any atom is 0.0872 e. The fourth-order valence-electron chi connectivity index (χ4n) is 1.10. The molecule has 0 unspecified atom stereocenters. The van der Waals surface area contributed by atoms with Crippen molar-refractivity contribution in [3.63, 3.8) is 0 Å². The Morgan fingerprint density at radius 1 is 1.07 bits per heavy atom. The lowest BCUT2D eigenvalue weighted by Crippen LogP contribution is -2.36. The molecule has 1 aromatic carbocycles. The van der Waals surface area contributed by atoms with E-state index in [1.54, 1.807) is 0 Å². The molecule has 0 radical (unpaired) electrons. The lowest BCUT2D eigenvalue weighted by Gasteiger charge is -2.23. The van der Waals surface area contributed by atoms with Crippen molar-refractivity contribution in [2.45, 2.75) is 5.75 Å². The number of hydrogen-bond donors (Lipinski definition) is 0. The fourth-order valence-corrected chi connectivity index (χ4v) is 2.35. The zero-order valence-electron chi connectivity index (χ0n) is 9.81. The van der Waals surface area contributed by atoms with Gasteiger partial charge in [0.15, 0.2) is 0 Å². The number of nitrogens with zero attached hydrogens (tertiary/aromatic N) is 1. The summed E-state index contributed by atoms with van der Waals surface area (Å²) in [6, 6.07) is 10.7. The molecule has 0 saturated carbocycles. The van der Waals surface area contributed by atoms with Crippen LogP contribution in [0, 0.1) is 0 Å². The molecule has 2 nitrogen and oxygen atoms in total. The Balaban J connectivity index is 0.00000196. The van der Waals surface area contributed by atoms with E-state index in [0.717, 1.165) is 10.2 Å². The number of rotatable bonds is 5. The first kappa shape index (κ1) is 14.5. The van der Waals surface area contributed by atoms with Crippen LogP contribution in [0.25, 0.3) is 0 Å². The SMILES string of the molecule is C[N+](C)(C)CCSCc1ccccc1.[OH-]. The molecule has 0 amide bonds. The molecule has 0 atom stereocenters. The maximum absolute atomic E-state index is 2.24. The molecule has 15 heavy (non-hydrogen) atoms. The predicted molar refractivity (Wildman–Crippen MR) is 67.4 cm³/mol. The zero-order valence-corrected chi connectivity index (χ0v) is 10.6. The molecule has 0 aliphatic rings. The van der Waals surface area contributed by atoms with Crippen LogP contribution in [0.2, 0.25) is 0 Å². The maximum atomic E-state index is 2.24. The van der Waals surface area contributed by atoms with Gasteiger partial charge in [-0.1, -0.05) is 30.3 Å². The van der Waals surface area contributed by atoms with Gasteiger partial charge >= 0.3 is 0 Å². The quantitative estimate of drug-likeness (QED) is 0.571. The molecular formula is C12H21NOS. The van der Waals surface area contributed by atoms with Crippen LogP contribution in [0.15, 0.2) is 30.3 Å². The van der Waals surface area contributed by atoms with Gasteiger partial charge in [0, 0.05) is 11.5 Å². The van der Waals surface area contributed by atoms with Crippen molar-refractivity contribution >= 4 is 11.8 Å². The van der Waals surface area contributed by atoms with Gasteiger partial charge in [0.05, 0.1) is 27.7 Å². The molecule has 86 valence electrons. The van der Waals surface area contributed by atoms with E-state index in [2.05, 4.69) is 51.5 Å². The normalized spacial score (nSPS) is 10.9. The van der Waals surface area contributed by atoms with Gasteiger partial charge in [-0.25, -0.2) is 0 Å². The van der Waals surface area contributed by atoms with Crippen LogP contribution in [0.1, 0.15) is 5.56 Å². The van der Waals surface area contributed by atoms with E-state index in [9.17, 15) is 0 Å². The number of quaternary nitrogens is 1. The standard InChI is InChI=1S/C12H20NS.H2O/c1-13(2,3)9-10-14-11-12-7-5-4-6-8-12;/h4-8H,9-11H2,1-3H3;1H2/q+1;/p-1. The van der Waals surface area contributed by atoms with Gasteiger partial charge in [-0.15, -0.1) is 0 Å². The summed E-state index contributed by atoms with van der Waals surface area (Å²) in [5.74, 6) is 2.37. The monoisotopic (exact) mass is 227 g/mol. The van der Waals surface area contributed by atoms with E-state index in [0.29, 0.717) is 0 Å². The second kappa shape index (κ2) is 6.88. The molecule has 1 N–H and O–H groups in total. The molecule has 1 aromatic rings. The Morgan fingerprint density at radius 2 is 1.67 bits per heavy atom. The van der Waals surface area contributed by atoms with Gasteiger partial charge < -0.3 is 9.96 Å². The first-order valence-corrected chi connectivity index (χ1v) is 6.15. The number of thioether (sulfide) groups is 1. The highest BCUT2D eigenvalue weighted by Gasteiger charge is 2.05. The molecule has 1 rings (SSSR count). The molecule has 3 heteroatoms. The minimum Gasteiger partial charge on any atom is -0.870 e. The Morgan fingerprint density at radius 3 is 2.20 bits per heavy atom. The molecule has 0 spiro atoms. The van der Waals surface area contributed by atoms with Gasteiger partial charge in [-0.2, -0.15) is 11.8 Å². The van der Waals surface area contributed by atoms with E-state index in [1.165, 1.54) is 17.9 Å². The minimum absolute atomic E-state index is 0. The predicted octanol–water partition coefficient (Wildman–Crippen LogP) is 2.45. The van der Waals surface area contributed by atoms with Crippen LogP contribution >= 0.6 is 11.8 Å². The van der Waals surface area contributed by atoms with Crippen LogP contribution in [0.5, 0.6) is 0 Å².